The van der Waals surface area contributed by atoms with Crippen LogP contribution in [0.1, 0.15) is 61.1 Å². The highest BCUT2D eigenvalue weighted by molar-refractivity contribution is 5.45. The molecule has 0 fully saturated rings. The summed E-state index contributed by atoms with van der Waals surface area (Å²) in [4.78, 5) is 0. The number of hydrogen-bond donors (Lipinski definition) is 1. The smallest absolute Gasteiger partial charge is 0.0846 e. The summed E-state index contributed by atoms with van der Waals surface area (Å²) in [5.41, 5.74) is 6.08. The van der Waals surface area contributed by atoms with Gasteiger partial charge in [0.2, 0.25) is 0 Å². The summed E-state index contributed by atoms with van der Waals surface area (Å²) >= 11 is 0. The summed E-state index contributed by atoms with van der Waals surface area (Å²) in [5, 5.41) is 10.7. The zero-order chi connectivity index (χ0) is 13.4. The Morgan fingerprint density at radius 1 is 1.06 bits per heavy atom. The lowest BCUT2D eigenvalue weighted by Crippen LogP contribution is -2.23. The van der Waals surface area contributed by atoms with Crippen LogP contribution in [-0.2, 0) is 0 Å². The van der Waals surface area contributed by atoms with E-state index in [1.165, 1.54) is 22.3 Å². The van der Waals surface area contributed by atoms with E-state index in [9.17, 15) is 5.11 Å². The van der Waals surface area contributed by atoms with Crippen LogP contribution in [0.5, 0.6) is 0 Å². The molecule has 0 amide bonds. The lowest BCUT2D eigenvalue weighted by molar-refractivity contribution is 0.0454. The minimum atomic E-state index is -0.383. The second-order valence-electron chi connectivity index (χ2n) is 5.92. The predicted molar refractivity (Wildman–Crippen MR) is 74.4 cm³/mol. The SMILES string of the molecule is CCC(C)(C)C(O)c1c(C)c(C)cc(C)c1C. The van der Waals surface area contributed by atoms with E-state index < -0.39 is 0 Å². The zero-order valence-electron chi connectivity index (χ0n) is 12.3. The van der Waals surface area contributed by atoms with Gasteiger partial charge in [0.25, 0.3) is 0 Å². The van der Waals surface area contributed by atoms with Gasteiger partial charge >= 0.3 is 0 Å². The molecular weight excluding hydrogens is 208 g/mol. The molecule has 0 aliphatic rings. The van der Waals surface area contributed by atoms with Gasteiger partial charge in [0.15, 0.2) is 0 Å². The van der Waals surface area contributed by atoms with E-state index in [2.05, 4.69) is 54.5 Å². The maximum absolute atomic E-state index is 10.7. The third-order valence-corrected chi connectivity index (χ3v) is 4.35. The molecule has 1 aromatic carbocycles. The van der Waals surface area contributed by atoms with Crippen molar-refractivity contribution in [2.45, 2.75) is 61.0 Å². The minimum Gasteiger partial charge on any atom is -0.388 e. The Hall–Kier alpha value is -0.820. The van der Waals surface area contributed by atoms with Gasteiger partial charge in [-0.3, -0.25) is 0 Å². The van der Waals surface area contributed by atoms with E-state index in [4.69, 9.17) is 0 Å². The van der Waals surface area contributed by atoms with Crippen LogP contribution in [0.2, 0.25) is 0 Å². The average molecular weight is 234 g/mol. The van der Waals surface area contributed by atoms with Crippen LogP contribution in [0.25, 0.3) is 0 Å². The van der Waals surface area contributed by atoms with Crippen molar-refractivity contribution in [2.75, 3.05) is 0 Å². The van der Waals surface area contributed by atoms with E-state index in [-0.39, 0.29) is 11.5 Å². The van der Waals surface area contributed by atoms with Crippen molar-refractivity contribution in [3.63, 3.8) is 0 Å². The standard InChI is InChI=1S/C16H26O/c1-8-16(6,7)15(17)14-12(4)10(2)9-11(3)13(14)5/h9,15,17H,8H2,1-7H3. The quantitative estimate of drug-likeness (QED) is 0.822. The summed E-state index contributed by atoms with van der Waals surface area (Å²) in [6, 6.07) is 2.21. The molecule has 0 spiro atoms. The molecule has 1 N–H and O–H groups in total. The fourth-order valence-electron chi connectivity index (χ4n) is 2.24. The molecule has 0 aromatic heterocycles. The van der Waals surface area contributed by atoms with Crippen molar-refractivity contribution in [1.82, 2.24) is 0 Å². The molecule has 0 saturated carbocycles. The van der Waals surface area contributed by atoms with E-state index in [1.54, 1.807) is 0 Å². The van der Waals surface area contributed by atoms with Crippen LogP contribution < -0.4 is 0 Å². The van der Waals surface area contributed by atoms with Gasteiger partial charge in [-0.2, -0.15) is 0 Å². The Bertz CT molecular complexity index is 390. The van der Waals surface area contributed by atoms with Gasteiger partial charge in [0.05, 0.1) is 6.10 Å². The first kappa shape index (κ1) is 14.2. The lowest BCUT2D eigenvalue weighted by Gasteiger charge is -2.32. The maximum Gasteiger partial charge on any atom is 0.0846 e. The Labute approximate surface area is 106 Å². The Kier molecular flexibility index (Phi) is 4.03. The highest BCUT2D eigenvalue weighted by atomic mass is 16.3. The van der Waals surface area contributed by atoms with Crippen LogP contribution in [0.3, 0.4) is 0 Å². The van der Waals surface area contributed by atoms with E-state index in [0.717, 1.165) is 12.0 Å². The average Bonchev–Trinajstić information content (AvgIpc) is 2.26. The lowest BCUT2D eigenvalue weighted by atomic mass is 9.76. The molecule has 0 bridgehead atoms. The Balaban J connectivity index is 3.41. The van der Waals surface area contributed by atoms with Crippen molar-refractivity contribution >= 4 is 0 Å². The summed E-state index contributed by atoms with van der Waals surface area (Å²) in [5.74, 6) is 0. The van der Waals surface area contributed by atoms with Gasteiger partial charge < -0.3 is 5.11 Å². The predicted octanol–water partition coefficient (Wildman–Crippen LogP) is 4.39. The number of hydrogen-bond acceptors (Lipinski definition) is 1. The molecule has 0 aliphatic carbocycles. The Morgan fingerprint density at radius 3 is 1.82 bits per heavy atom. The molecule has 96 valence electrons. The van der Waals surface area contributed by atoms with Crippen LogP contribution in [0.4, 0.5) is 0 Å². The van der Waals surface area contributed by atoms with Crippen LogP contribution in [-0.4, -0.2) is 5.11 Å². The van der Waals surface area contributed by atoms with Gasteiger partial charge in [0.1, 0.15) is 0 Å². The number of aliphatic hydroxyl groups is 1. The van der Waals surface area contributed by atoms with E-state index in [0.29, 0.717) is 0 Å². The fourth-order valence-corrected chi connectivity index (χ4v) is 2.24. The molecule has 0 radical (unpaired) electrons. The van der Waals surface area contributed by atoms with Gasteiger partial charge in [-0.15, -0.1) is 0 Å². The van der Waals surface area contributed by atoms with Crippen molar-refractivity contribution in [2.24, 2.45) is 5.41 Å². The number of rotatable bonds is 3. The van der Waals surface area contributed by atoms with Gasteiger partial charge in [-0.25, -0.2) is 0 Å². The molecular formula is C16H26O. The van der Waals surface area contributed by atoms with Crippen LogP contribution in [0, 0.1) is 33.1 Å². The molecule has 1 aromatic rings. The van der Waals surface area contributed by atoms with Crippen LogP contribution >= 0.6 is 0 Å². The summed E-state index contributed by atoms with van der Waals surface area (Å²) in [7, 11) is 0. The number of aryl methyl sites for hydroxylation is 2. The molecule has 0 aliphatic heterocycles. The first-order valence-corrected chi connectivity index (χ1v) is 6.47. The summed E-state index contributed by atoms with van der Waals surface area (Å²) in [6.07, 6.45) is 0.589. The van der Waals surface area contributed by atoms with E-state index in [1.807, 2.05) is 0 Å². The van der Waals surface area contributed by atoms with Crippen molar-refractivity contribution in [3.8, 4) is 0 Å². The molecule has 1 unspecified atom stereocenters. The van der Waals surface area contributed by atoms with Crippen molar-refractivity contribution in [1.29, 1.82) is 0 Å². The van der Waals surface area contributed by atoms with Crippen molar-refractivity contribution < 1.29 is 5.11 Å². The zero-order valence-corrected chi connectivity index (χ0v) is 12.3. The van der Waals surface area contributed by atoms with Gasteiger partial charge in [-0.1, -0.05) is 26.8 Å². The highest BCUT2D eigenvalue weighted by Gasteiger charge is 2.30. The molecule has 17 heavy (non-hydrogen) atoms. The number of aliphatic hydroxyl groups excluding tert-OH is 1. The normalized spacial score (nSPS) is 13.9. The van der Waals surface area contributed by atoms with Crippen molar-refractivity contribution in [3.05, 3.63) is 33.9 Å². The minimum absolute atomic E-state index is 0.0737. The van der Waals surface area contributed by atoms with Gasteiger partial charge in [-0.05, 0) is 67.3 Å². The van der Waals surface area contributed by atoms with Gasteiger partial charge in [0, 0.05) is 0 Å². The highest BCUT2D eigenvalue weighted by Crippen LogP contribution is 2.40. The molecule has 1 heteroatoms. The third kappa shape index (κ3) is 2.55. The monoisotopic (exact) mass is 234 g/mol. The molecule has 1 nitrogen and oxygen atoms in total. The first-order valence-electron chi connectivity index (χ1n) is 6.47. The largest absolute Gasteiger partial charge is 0.388 e. The Morgan fingerprint density at radius 2 is 1.47 bits per heavy atom. The maximum atomic E-state index is 10.7. The first-order chi connectivity index (χ1) is 7.72. The number of benzene rings is 1. The van der Waals surface area contributed by atoms with Crippen LogP contribution in [0.15, 0.2) is 6.07 Å². The summed E-state index contributed by atoms with van der Waals surface area (Å²) in [6.45, 7) is 14.9. The topological polar surface area (TPSA) is 20.2 Å². The van der Waals surface area contributed by atoms with E-state index >= 15 is 0 Å². The summed E-state index contributed by atoms with van der Waals surface area (Å²) < 4.78 is 0. The molecule has 1 rings (SSSR count). The third-order valence-electron chi connectivity index (χ3n) is 4.35. The molecule has 0 saturated heterocycles. The second kappa shape index (κ2) is 4.81. The molecule has 1 atom stereocenters. The second-order valence-corrected chi connectivity index (χ2v) is 5.92. The molecule has 0 heterocycles. The fraction of sp³-hybridized carbons (Fsp3) is 0.625.